The Balaban J connectivity index is 1.92. The highest BCUT2D eigenvalue weighted by atomic mass is 16.2. The number of benzene rings is 3. The van der Waals surface area contributed by atoms with Crippen LogP contribution in [0.5, 0.6) is 0 Å². The lowest BCUT2D eigenvalue weighted by atomic mass is 9.90. The van der Waals surface area contributed by atoms with Crippen LogP contribution in [-0.4, -0.2) is 18.9 Å². The lowest BCUT2D eigenvalue weighted by Crippen LogP contribution is -2.24. The summed E-state index contributed by atoms with van der Waals surface area (Å²) in [7, 11) is 1.60. The number of nitrogens with one attached hydrogen (secondary N) is 2. The largest absolute Gasteiger partial charge is 0.359 e. The summed E-state index contributed by atoms with van der Waals surface area (Å²) in [5.74, 6) is -0.656. The quantitative estimate of drug-likeness (QED) is 0.705. The van der Waals surface area contributed by atoms with Crippen LogP contribution in [0.4, 0.5) is 5.69 Å². The smallest absolute Gasteiger partial charge is 0.236 e. The van der Waals surface area contributed by atoms with Gasteiger partial charge in [-0.1, -0.05) is 78.9 Å². The number of likely N-dealkylation sites (N-methyl/N-ethyl adjacent to an activating group) is 1. The van der Waals surface area contributed by atoms with Crippen molar-refractivity contribution in [2.24, 2.45) is 0 Å². The van der Waals surface area contributed by atoms with E-state index in [1.807, 2.05) is 84.9 Å². The molecule has 27 heavy (non-hydrogen) atoms. The Labute approximate surface area is 159 Å². The molecule has 0 fully saturated rings. The summed E-state index contributed by atoms with van der Waals surface area (Å²) < 4.78 is 0. The average Bonchev–Trinajstić information content (AvgIpc) is 2.71. The van der Waals surface area contributed by atoms with Crippen LogP contribution in [0.3, 0.4) is 0 Å². The van der Waals surface area contributed by atoms with Gasteiger partial charge in [-0.3, -0.25) is 9.59 Å². The van der Waals surface area contributed by atoms with Crippen molar-refractivity contribution in [2.75, 3.05) is 12.4 Å². The topological polar surface area (TPSA) is 58.2 Å². The molecule has 136 valence electrons. The highest BCUT2D eigenvalue weighted by Crippen LogP contribution is 2.27. The number of hydrogen-bond donors (Lipinski definition) is 2. The van der Waals surface area contributed by atoms with Gasteiger partial charge < -0.3 is 10.6 Å². The van der Waals surface area contributed by atoms with E-state index in [0.29, 0.717) is 5.69 Å². The Morgan fingerprint density at radius 1 is 0.778 bits per heavy atom. The molecule has 0 saturated heterocycles. The standard InChI is InChI=1S/C23H22N2O2/c1-24-21(26)16-19-14-8-9-15-20(19)25-23(27)22(17-10-4-2-5-11-17)18-12-6-3-7-13-18/h2-15,22H,16H2,1H3,(H,24,26)(H,25,27). The first-order chi connectivity index (χ1) is 13.2. The van der Waals surface area contributed by atoms with Crippen LogP contribution in [-0.2, 0) is 16.0 Å². The summed E-state index contributed by atoms with van der Waals surface area (Å²) in [6.07, 6.45) is 0.217. The van der Waals surface area contributed by atoms with E-state index in [2.05, 4.69) is 10.6 Å². The van der Waals surface area contributed by atoms with Gasteiger partial charge in [0, 0.05) is 12.7 Å². The molecule has 2 N–H and O–H groups in total. The second-order valence-corrected chi connectivity index (χ2v) is 6.25. The molecular formula is C23H22N2O2. The zero-order valence-corrected chi connectivity index (χ0v) is 15.2. The summed E-state index contributed by atoms with van der Waals surface area (Å²) in [6.45, 7) is 0. The molecule has 0 saturated carbocycles. The van der Waals surface area contributed by atoms with E-state index < -0.39 is 5.92 Å². The maximum Gasteiger partial charge on any atom is 0.236 e. The third-order valence-electron chi connectivity index (χ3n) is 4.43. The molecule has 4 heteroatoms. The number of amides is 2. The molecule has 0 bridgehead atoms. The molecule has 3 rings (SSSR count). The average molecular weight is 358 g/mol. The molecule has 4 nitrogen and oxygen atoms in total. The molecule has 3 aromatic rings. The molecule has 0 heterocycles. The molecule has 0 atom stereocenters. The lowest BCUT2D eigenvalue weighted by molar-refractivity contribution is -0.120. The van der Waals surface area contributed by atoms with Gasteiger partial charge in [-0.15, -0.1) is 0 Å². The highest BCUT2D eigenvalue weighted by Gasteiger charge is 2.23. The molecule has 0 aliphatic carbocycles. The van der Waals surface area contributed by atoms with Gasteiger partial charge in [0.2, 0.25) is 11.8 Å². The minimum Gasteiger partial charge on any atom is -0.359 e. The van der Waals surface area contributed by atoms with Crippen molar-refractivity contribution in [3.05, 3.63) is 102 Å². The van der Waals surface area contributed by atoms with Crippen molar-refractivity contribution < 1.29 is 9.59 Å². The van der Waals surface area contributed by atoms with Gasteiger partial charge in [-0.25, -0.2) is 0 Å². The van der Waals surface area contributed by atoms with E-state index in [1.165, 1.54) is 0 Å². The maximum atomic E-state index is 13.2. The summed E-state index contributed by atoms with van der Waals surface area (Å²) in [5.41, 5.74) is 3.28. The molecule has 2 amide bonds. The van der Waals surface area contributed by atoms with Gasteiger partial charge in [0.15, 0.2) is 0 Å². The summed E-state index contributed by atoms with van der Waals surface area (Å²) in [6, 6.07) is 26.8. The Kier molecular flexibility index (Phi) is 6.00. The fraction of sp³-hybridized carbons (Fsp3) is 0.130. The predicted octanol–water partition coefficient (Wildman–Crippen LogP) is 3.75. The number of carbonyl (C=O) groups is 2. The zero-order chi connectivity index (χ0) is 19.1. The number of rotatable bonds is 6. The molecule has 0 unspecified atom stereocenters. The minimum atomic E-state index is -0.430. The van der Waals surface area contributed by atoms with Crippen LogP contribution in [0.1, 0.15) is 22.6 Å². The van der Waals surface area contributed by atoms with Crippen LogP contribution in [0.2, 0.25) is 0 Å². The first-order valence-corrected chi connectivity index (χ1v) is 8.88. The fourth-order valence-electron chi connectivity index (χ4n) is 3.05. The van der Waals surface area contributed by atoms with Gasteiger partial charge in [0.1, 0.15) is 0 Å². The van der Waals surface area contributed by atoms with Crippen LogP contribution in [0, 0.1) is 0 Å². The second kappa shape index (κ2) is 8.81. The van der Waals surface area contributed by atoms with E-state index >= 15 is 0 Å². The van der Waals surface area contributed by atoms with E-state index in [9.17, 15) is 9.59 Å². The molecule has 0 aromatic heterocycles. The van der Waals surface area contributed by atoms with Gasteiger partial charge in [-0.2, -0.15) is 0 Å². The van der Waals surface area contributed by atoms with Crippen LogP contribution in [0.25, 0.3) is 0 Å². The normalized spacial score (nSPS) is 10.4. The SMILES string of the molecule is CNC(=O)Cc1ccccc1NC(=O)C(c1ccccc1)c1ccccc1. The van der Waals surface area contributed by atoms with Crippen molar-refractivity contribution in [3.63, 3.8) is 0 Å². The third kappa shape index (κ3) is 4.61. The lowest BCUT2D eigenvalue weighted by Gasteiger charge is -2.19. The molecule has 0 aliphatic rings. The highest BCUT2D eigenvalue weighted by molar-refractivity contribution is 5.99. The molecule has 0 spiro atoms. The Bertz CT molecular complexity index is 868. The molecule has 0 radical (unpaired) electrons. The first-order valence-electron chi connectivity index (χ1n) is 8.88. The van der Waals surface area contributed by atoms with Crippen molar-refractivity contribution >= 4 is 17.5 Å². The van der Waals surface area contributed by atoms with Crippen molar-refractivity contribution in [3.8, 4) is 0 Å². The Morgan fingerprint density at radius 2 is 1.30 bits per heavy atom. The summed E-state index contributed by atoms with van der Waals surface area (Å²) in [5, 5.41) is 5.63. The Morgan fingerprint density at radius 3 is 1.85 bits per heavy atom. The summed E-state index contributed by atoms with van der Waals surface area (Å²) >= 11 is 0. The first kappa shape index (κ1) is 18.4. The second-order valence-electron chi connectivity index (χ2n) is 6.25. The predicted molar refractivity (Wildman–Crippen MR) is 108 cm³/mol. The third-order valence-corrected chi connectivity index (χ3v) is 4.43. The monoisotopic (exact) mass is 358 g/mol. The van der Waals surface area contributed by atoms with Gasteiger partial charge >= 0.3 is 0 Å². The van der Waals surface area contributed by atoms with E-state index in [0.717, 1.165) is 16.7 Å². The number of hydrogen-bond acceptors (Lipinski definition) is 2. The number of anilines is 1. The van der Waals surface area contributed by atoms with Crippen LogP contribution >= 0.6 is 0 Å². The van der Waals surface area contributed by atoms with Gasteiger partial charge in [0.05, 0.1) is 12.3 Å². The molecule has 0 aliphatic heterocycles. The number of carbonyl (C=O) groups excluding carboxylic acids is 2. The maximum absolute atomic E-state index is 13.2. The van der Waals surface area contributed by atoms with Gasteiger partial charge in [-0.05, 0) is 22.8 Å². The van der Waals surface area contributed by atoms with Gasteiger partial charge in [0.25, 0.3) is 0 Å². The Hall–Kier alpha value is -3.40. The number of para-hydroxylation sites is 1. The molecule has 3 aromatic carbocycles. The minimum absolute atomic E-state index is 0.0978. The van der Waals surface area contributed by atoms with Crippen LogP contribution < -0.4 is 10.6 Å². The van der Waals surface area contributed by atoms with Crippen molar-refractivity contribution in [2.45, 2.75) is 12.3 Å². The van der Waals surface area contributed by atoms with E-state index in [-0.39, 0.29) is 18.2 Å². The van der Waals surface area contributed by atoms with E-state index in [1.54, 1.807) is 7.05 Å². The van der Waals surface area contributed by atoms with E-state index in [4.69, 9.17) is 0 Å². The summed E-state index contributed by atoms with van der Waals surface area (Å²) in [4.78, 5) is 25.0. The molecular weight excluding hydrogens is 336 g/mol. The van der Waals surface area contributed by atoms with Crippen LogP contribution in [0.15, 0.2) is 84.9 Å². The van der Waals surface area contributed by atoms with Crippen molar-refractivity contribution in [1.29, 1.82) is 0 Å². The zero-order valence-electron chi connectivity index (χ0n) is 15.2. The van der Waals surface area contributed by atoms with Crippen molar-refractivity contribution in [1.82, 2.24) is 5.32 Å². The fourth-order valence-corrected chi connectivity index (χ4v) is 3.05.